The number of fused-ring (bicyclic) bond motifs is 2. The van der Waals surface area contributed by atoms with Gasteiger partial charge in [0.1, 0.15) is 16.0 Å². The van der Waals surface area contributed by atoms with Gasteiger partial charge in [0.15, 0.2) is 0 Å². The Labute approximate surface area is 179 Å². The number of benzene rings is 1. The van der Waals surface area contributed by atoms with Gasteiger partial charge in [-0.3, -0.25) is 4.79 Å². The highest BCUT2D eigenvalue weighted by Crippen LogP contribution is 2.30. The Bertz CT molecular complexity index is 1410. The third-order valence-electron chi connectivity index (χ3n) is 6.23. The largest absolute Gasteiger partial charge is 0.464 e. The minimum Gasteiger partial charge on any atom is -0.464 e. The minimum absolute atomic E-state index is 0.00265. The number of piperidine rings is 1. The van der Waals surface area contributed by atoms with Crippen LogP contribution in [0.3, 0.4) is 0 Å². The molecule has 4 heterocycles. The first kappa shape index (κ1) is 20.0. The molecule has 3 aromatic heterocycles. The molecule has 0 amide bonds. The standard InChI is InChI=1S/C22H24N4O4S/c23-31(28,29)20-13-26(21-18(20)5-9-24-22(21)27)16-7-11-25(12-8-16)10-6-15-14-30-19-4-2-1-3-17(15)19/h1-5,9,13-14,16H,6-8,10-12H2,(H,24,27)(H2,23,28,29). The molecule has 0 saturated carbocycles. The number of nitrogens with one attached hydrogen (secondary N) is 1. The molecule has 0 spiro atoms. The number of aromatic nitrogens is 2. The average molecular weight is 441 g/mol. The van der Waals surface area contributed by atoms with Crippen LogP contribution in [0.5, 0.6) is 0 Å². The highest BCUT2D eigenvalue weighted by molar-refractivity contribution is 7.89. The van der Waals surface area contributed by atoms with Gasteiger partial charge in [-0.25, -0.2) is 13.6 Å². The van der Waals surface area contributed by atoms with Crippen molar-refractivity contribution in [3.05, 3.63) is 64.9 Å². The lowest BCUT2D eigenvalue weighted by Crippen LogP contribution is -2.36. The number of furan rings is 1. The normalized spacial score (nSPS) is 16.4. The zero-order valence-electron chi connectivity index (χ0n) is 17.0. The molecule has 0 aliphatic carbocycles. The Morgan fingerprint density at radius 1 is 1.13 bits per heavy atom. The van der Waals surface area contributed by atoms with E-state index in [9.17, 15) is 13.2 Å². The molecular formula is C22H24N4O4S. The third kappa shape index (κ3) is 3.69. The number of nitrogens with two attached hydrogens (primary N) is 1. The summed E-state index contributed by atoms with van der Waals surface area (Å²) in [7, 11) is -3.92. The summed E-state index contributed by atoms with van der Waals surface area (Å²) >= 11 is 0. The SMILES string of the molecule is NS(=O)(=O)c1cn(C2CCN(CCc3coc4ccccc34)CC2)c2c(=O)[nH]ccc12. The van der Waals surface area contributed by atoms with Crippen LogP contribution in [-0.4, -0.2) is 42.5 Å². The smallest absolute Gasteiger partial charge is 0.272 e. The van der Waals surface area contributed by atoms with Gasteiger partial charge in [0.05, 0.1) is 6.26 Å². The van der Waals surface area contributed by atoms with E-state index in [0.717, 1.165) is 49.9 Å². The quantitative estimate of drug-likeness (QED) is 0.495. The molecule has 9 heteroatoms. The van der Waals surface area contributed by atoms with Crippen LogP contribution in [0.15, 0.2) is 63.1 Å². The second kappa shape index (κ2) is 7.67. The highest BCUT2D eigenvalue weighted by atomic mass is 32.2. The van der Waals surface area contributed by atoms with Gasteiger partial charge in [-0.2, -0.15) is 0 Å². The van der Waals surface area contributed by atoms with Crippen LogP contribution >= 0.6 is 0 Å². The Morgan fingerprint density at radius 3 is 2.68 bits per heavy atom. The third-order valence-corrected chi connectivity index (χ3v) is 7.17. The van der Waals surface area contributed by atoms with Crippen molar-refractivity contribution in [3.8, 4) is 0 Å². The van der Waals surface area contributed by atoms with Crippen LogP contribution in [0, 0.1) is 0 Å². The zero-order valence-corrected chi connectivity index (χ0v) is 17.8. The molecule has 5 rings (SSSR count). The van der Waals surface area contributed by atoms with E-state index in [-0.39, 0.29) is 16.5 Å². The summed E-state index contributed by atoms with van der Waals surface area (Å²) in [5, 5.41) is 6.93. The fourth-order valence-electron chi connectivity index (χ4n) is 4.63. The van der Waals surface area contributed by atoms with Crippen LogP contribution in [0.4, 0.5) is 0 Å². The number of sulfonamides is 1. The maximum atomic E-state index is 12.5. The highest BCUT2D eigenvalue weighted by Gasteiger charge is 2.26. The average Bonchev–Trinajstić information content (AvgIpc) is 3.35. The summed E-state index contributed by atoms with van der Waals surface area (Å²) in [6.45, 7) is 2.66. The van der Waals surface area contributed by atoms with Crippen LogP contribution in [-0.2, 0) is 16.4 Å². The van der Waals surface area contributed by atoms with E-state index in [1.807, 2.05) is 24.5 Å². The van der Waals surface area contributed by atoms with Crippen molar-refractivity contribution in [3.63, 3.8) is 0 Å². The first-order valence-corrected chi connectivity index (χ1v) is 11.9. The Hall–Kier alpha value is -2.88. The topological polar surface area (TPSA) is 114 Å². The molecule has 0 bridgehead atoms. The molecule has 1 aromatic carbocycles. The summed E-state index contributed by atoms with van der Waals surface area (Å²) in [5.74, 6) is 0. The second-order valence-corrected chi connectivity index (χ2v) is 9.62. The first-order valence-electron chi connectivity index (χ1n) is 10.3. The van der Waals surface area contributed by atoms with Crippen molar-refractivity contribution in [2.24, 2.45) is 5.14 Å². The van der Waals surface area contributed by atoms with Gasteiger partial charge in [0.2, 0.25) is 10.0 Å². The predicted octanol–water partition coefficient (Wildman–Crippen LogP) is 2.60. The summed E-state index contributed by atoms with van der Waals surface area (Å²) in [5.41, 5.74) is 2.18. The number of rotatable bonds is 5. The van der Waals surface area contributed by atoms with Crippen molar-refractivity contribution >= 4 is 31.9 Å². The monoisotopic (exact) mass is 440 g/mol. The van der Waals surface area contributed by atoms with E-state index in [1.165, 1.54) is 18.0 Å². The lowest BCUT2D eigenvalue weighted by Gasteiger charge is -2.33. The van der Waals surface area contributed by atoms with Gasteiger partial charge >= 0.3 is 0 Å². The van der Waals surface area contributed by atoms with Gasteiger partial charge in [0.25, 0.3) is 5.56 Å². The van der Waals surface area contributed by atoms with E-state index in [4.69, 9.17) is 9.56 Å². The number of para-hydroxylation sites is 1. The van der Waals surface area contributed by atoms with Crippen LogP contribution < -0.4 is 10.7 Å². The summed E-state index contributed by atoms with van der Waals surface area (Å²) in [6, 6.07) is 9.69. The molecule has 0 unspecified atom stereocenters. The van der Waals surface area contributed by atoms with Crippen LogP contribution in [0.2, 0.25) is 0 Å². The van der Waals surface area contributed by atoms with Gasteiger partial charge < -0.3 is 18.9 Å². The number of H-pyrrole nitrogens is 1. The number of primary sulfonamides is 1. The molecule has 31 heavy (non-hydrogen) atoms. The zero-order chi connectivity index (χ0) is 21.6. The van der Waals surface area contributed by atoms with E-state index in [0.29, 0.717) is 10.9 Å². The molecular weight excluding hydrogens is 416 g/mol. The van der Waals surface area contributed by atoms with E-state index < -0.39 is 10.0 Å². The Kier molecular flexibility index (Phi) is 4.96. The number of pyridine rings is 1. The Morgan fingerprint density at radius 2 is 1.90 bits per heavy atom. The molecule has 8 nitrogen and oxygen atoms in total. The minimum atomic E-state index is -3.92. The summed E-state index contributed by atoms with van der Waals surface area (Å²) < 4.78 is 31.5. The number of aromatic amines is 1. The number of nitrogens with zero attached hydrogens (tertiary/aromatic N) is 2. The molecule has 3 N–H and O–H groups in total. The summed E-state index contributed by atoms with van der Waals surface area (Å²) in [4.78, 5) is 17.5. The Balaban J connectivity index is 1.32. The van der Waals surface area contributed by atoms with E-state index >= 15 is 0 Å². The lowest BCUT2D eigenvalue weighted by atomic mass is 10.0. The van der Waals surface area contributed by atoms with Gasteiger partial charge in [-0.1, -0.05) is 18.2 Å². The molecule has 1 aliphatic heterocycles. The molecule has 1 aliphatic rings. The number of hydrogen-bond donors (Lipinski definition) is 2. The molecule has 1 saturated heterocycles. The fourth-order valence-corrected chi connectivity index (χ4v) is 5.36. The molecule has 0 radical (unpaired) electrons. The molecule has 0 atom stereocenters. The summed E-state index contributed by atoms with van der Waals surface area (Å²) in [6.07, 6.45) is 7.37. The molecule has 162 valence electrons. The molecule has 4 aromatic rings. The first-order chi connectivity index (χ1) is 14.9. The van der Waals surface area contributed by atoms with Gasteiger partial charge in [0, 0.05) is 48.8 Å². The van der Waals surface area contributed by atoms with Crippen molar-refractivity contribution in [2.75, 3.05) is 19.6 Å². The number of hydrogen-bond acceptors (Lipinski definition) is 5. The van der Waals surface area contributed by atoms with Crippen LogP contribution in [0.25, 0.3) is 21.9 Å². The van der Waals surface area contributed by atoms with Gasteiger partial charge in [-0.15, -0.1) is 0 Å². The number of likely N-dealkylation sites (tertiary alicyclic amines) is 1. The van der Waals surface area contributed by atoms with E-state index in [2.05, 4.69) is 16.0 Å². The van der Waals surface area contributed by atoms with Gasteiger partial charge in [-0.05, 0) is 37.0 Å². The van der Waals surface area contributed by atoms with E-state index in [1.54, 1.807) is 10.6 Å². The van der Waals surface area contributed by atoms with Crippen LogP contribution in [0.1, 0.15) is 24.4 Å². The van der Waals surface area contributed by atoms with Crippen molar-refractivity contribution in [1.82, 2.24) is 14.5 Å². The molecule has 1 fully saturated rings. The predicted molar refractivity (Wildman–Crippen MR) is 119 cm³/mol. The van der Waals surface area contributed by atoms with Crippen molar-refractivity contribution in [2.45, 2.75) is 30.2 Å². The maximum absolute atomic E-state index is 12.5. The fraction of sp³-hybridized carbons (Fsp3) is 0.318. The van der Waals surface area contributed by atoms with Crippen molar-refractivity contribution in [1.29, 1.82) is 0 Å². The van der Waals surface area contributed by atoms with Crippen molar-refractivity contribution < 1.29 is 12.8 Å². The lowest BCUT2D eigenvalue weighted by molar-refractivity contribution is 0.190. The second-order valence-electron chi connectivity index (χ2n) is 8.09. The maximum Gasteiger partial charge on any atom is 0.272 e.